The van der Waals surface area contributed by atoms with Crippen molar-refractivity contribution in [2.45, 2.75) is 40.0 Å². The van der Waals surface area contributed by atoms with Crippen molar-refractivity contribution in [1.82, 2.24) is 10.3 Å². The van der Waals surface area contributed by atoms with Gasteiger partial charge in [0.2, 0.25) is 0 Å². The third kappa shape index (κ3) is 3.17. The number of hydrogen-bond donors (Lipinski definition) is 3. The fraction of sp³-hybridized carbons (Fsp3) is 0.400. The molecular formula is C15H20N2O2S. The van der Waals surface area contributed by atoms with Gasteiger partial charge in [-0.15, -0.1) is 11.3 Å². The van der Waals surface area contributed by atoms with E-state index in [1.807, 2.05) is 0 Å². The van der Waals surface area contributed by atoms with E-state index < -0.39 is 0 Å². The maximum absolute atomic E-state index is 10.1. The highest BCUT2D eigenvalue weighted by atomic mass is 32.1. The molecule has 0 spiro atoms. The predicted molar refractivity (Wildman–Crippen MR) is 80.8 cm³/mol. The van der Waals surface area contributed by atoms with E-state index in [0.29, 0.717) is 17.8 Å². The Morgan fingerprint density at radius 2 is 2.10 bits per heavy atom. The van der Waals surface area contributed by atoms with Crippen molar-refractivity contribution in [2.75, 3.05) is 0 Å². The Balaban J connectivity index is 2.06. The Hall–Kier alpha value is -1.43. The molecule has 0 unspecified atom stereocenters. The first kappa shape index (κ1) is 15.0. The molecule has 108 valence electrons. The van der Waals surface area contributed by atoms with Crippen LogP contribution in [0, 0.1) is 6.92 Å². The van der Waals surface area contributed by atoms with Crippen molar-refractivity contribution in [3.8, 4) is 5.75 Å². The van der Waals surface area contributed by atoms with E-state index in [2.05, 4.69) is 28.7 Å². The molecule has 4 nitrogen and oxygen atoms in total. The monoisotopic (exact) mass is 292 g/mol. The molecule has 0 fully saturated rings. The average Bonchev–Trinajstić information content (AvgIpc) is 2.91. The zero-order chi connectivity index (χ0) is 14.5. The smallest absolute Gasteiger partial charge is 0.141 e. The third-order valence-corrected chi connectivity index (χ3v) is 4.37. The molecule has 5 heteroatoms. The summed E-state index contributed by atoms with van der Waals surface area (Å²) in [4.78, 5) is 5.38. The minimum atomic E-state index is -0.114. The summed E-state index contributed by atoms with van der Waals surface area (Å²) in [6.07, 6.45) is 2.65. The lowest BCUT2D eigenvalue weighted by Gasteiger charge is -2.12. The SMILES string of the molecule is CCc1ccsc1CNCc1c(CO)cnc(C)c1O. The number of aromatic hydroxyl groups is 1. The first-order valence-corrected chi connectivity index (χ1v) is 7.58. The summed E-state index contributed by atoms with van der Waals surface area (Å²) in [5, 5.41) is 24.8. The van der Waals surface area contributed by atoms with Crippen LogP contribution in [0.1, 0.15) is 34.2 Å². The highest BCUT2D eigenvalue weighted by Gasteiger charge is 2.11. The van der Waals surface area contributed by atoms with Crippen LogP contribution in [0.25, 0.3) is 0 Å². The molecule has 0 bridgehead atoms. The number of aromatic nitrogens is 1. The zero-order valence-corrected chi connectivity index (χ0v) is 12.6. The van der Waals surface area contributed by atoms with E-state index >= 15 is 0 Å². The topological polar surface area (TPSA) is 65.4 Å². The number of nitrogens with zero attached hydrogens (tertiary/aromatic N) is 1. The average molecular weight is 292 g/mol. The van der Waals surface area contributed by atoms with Gasteiger partial charge in [-0.1, -0.05) is 6.92 Å². The van der Waals surface area contributed by atoms with E-state index in [-0.39, 0.29) is 12.4 Å². The highest BCUT2D eigenvalue weighted by Crippen LogP contribution is 2.24. The van der Waals surface area contributed by atoms with Crippen LogP contribution in [0.2, 0.25) is 0 Å². The zero-order valence-electron chi connectivity index (χ0n) is 11.8. The van der Waals surface area contributed by atoms with Crippen molar-refractivity contribution in [3.05, 3.63) is 44.9 Å². The van der Waals surface area contributed by atoms with Gasteiger partial charge in [0.15, 0.2) is 0 Å². The molecule has 0 aliphatic carbocycles. The fourth-order valence-electron chi connectivity index (χ4n) is 2.16. The van der Waals surface area contributed by atoms with E-state index in [0.717, 1.165) is 18.5 Å². The molecule has 0 aliphatic rings. The van der Waals surface area contributed by atoms with Gasteiger partial charge in [-0.2, -0.15) is 0 Å². The Morgan fingerprint density at radius 1 is 1.30 bits per heavy atom. The quantitative estimate of drug-likeness (QED) is 0.765. The van der Waals surface area contributed by atoms with Crippen molar-refractivity contribution in [1.29, 1.82) is 0 Å². The first-order valence-electron chi connectivity index (χ1n) is 6.70. The summed E-state index contributed by atoms with van der Waals surface area (Å²) in [6.45, 7) is 5.08. The number of pyridine rings is 1. The number of hydrogen-bond acceptors (Lipinski definition) is 5. The van der Waals surface area contributed by atoms with Crippen molar-refractivity contribution < 1.29 is 10.2 Å². The van der Waals surface area contributed by atoms with Gasteiger partial charge in [0.25, 0.3) is 0 Å². The van der Waals surface area contributed by atoms with Crippen LogP contribution in [0.15, 0.2) is 17.6 Å². The Kier molecular flexibility index (Phi) is 5.11. The van der Waals surface area contributed by atoms with Gasteiger partial charge in [0, 0.05) is 35.3 Å². The first-order chi connectivity index (χ1) is 9.67. The summed E-state index contributed by atoms with van der Waals surface area (Å²) in [5.74, 6) is 0.172. The number of aliphatic hydroxyl groups is 1. The van der Waals surface area contributed by atoms with Crippen molar-refractivity contribution in [3.63, 3.8) is 0 Å². The van der Waals surface area contributed by atoms with Crippen molar-refractivity contribution in [2.24, 2.45) is 0 Å². The van der Waals surface area contributed by atoms with Gasteiger partial charge in [0.05, 0.1) is 12.3 Å². The van der Waals surface area contributed by atoms with Gasteiger partial charge in [0.1, 0.15) is 5.75 Å². The molecule has 2 aromatic heterocycles. The van der Waals surface area contributed by atoms with Crippen molar-refractivity contribution >= 4 is 11.3 Å². The Morgan fingerprint density at radius 3 is 2.80 bits per heavy atom. The highest BCUT2D eigenvalue weighted by molar-refractivity contribution is 7.10. The van der Waals surface area contributed by atoms with Crippen LogP contribution < -0.4 is 5.32 Å². The fourth-order valence-corrected chi connectivity index (χ4v) is 3.10. The summed E-state index contributed by atoms with van der Waals surface area (Å²) in [5.41, 5.74) is 3.35. The molecule has 0 radical (unpaired) electrons. The van der Waals surface area contributed by atoms with Crippen LogP contribution in [-0.2, 0) is 26.1 Å². The summed E-state index contributed by atoms with van der Waals surface area (Å²) >= 11 is 1.74. The minimum Gasteiger partial charge on any atom is -0.506 e. The summed E-state index contributed by atoms with van der Waals surface area (Å²) < 4.78 is 0. The minimum absolute atomic E-state index is 0.114. The van der Waals surface area contributed by atoms with Crippen LogP contribution >= 0.6 is 11.3 Å². The second-order valence-corrected chi connectivity index (χ2v) is 5.68. The third-order valence-electron chi connectivity index (χ3n) is 3.41. The maximum atomic E-state index is 10.1. The van der Waals surface area contributed by atoms with E-state index in [1.54, 1.807) is 24.5 Å². The number of aryl methyl sites for hydroxylation is 2. The number of nitrogens with one attached hydrogen (secondary N) is 1. The van der Waals surface area contributed by atoms with Gasteiger partial charge < -0.3 is 15.5 Å². The largest absolute Gasteiger partial charge is 0.506 e. The lowest BCUT2D eigenvalue weighted by molar-refractivity contribution is 0.278. The molecule has 0 saturated heterocycles. The summed E-state index contributed by atoms with van der Waals surface area (Å²) in [6, 6.07) is 2.15. The molecular weight excluding hydrogens is 272 g/mol. The molecule has 0 saturated carbocycles. The van der Waals surface area contributed by atoms with Crippen LogP contribution in [0.4, 0.5) is 0 Å². The van der Waals surface area contributed by atoms with E-state index in [4.69, 9.17) is 0 Å². The maximum Gasteiger partial charge on any atom is 0.141 e. The molecule has 20 heavy (non-hydrogen) atoms. The molecule has 3 N–H and O–H groups in total. The normalized spacial score (nSPS) is 10.9. The molecule has 2 rings (SSSR count). The number of rotatable bonds is 6. The molecule has 0 amide bonds. The molecule has 0 atom stereocenters. The second-order valence-electron chi connectivity index (χ2n) is 4.68. The van der Waals surface area contributed by atoms with Crippen LogP contribution in [0.3, 0.4) is 0 Å². The van der Waals surface area contributed by atoms with Gasteiger partial charge in [-0.25, -0.2) is 0 Å². The lowest BCUT2D eigenvalue weighted by Crippen LogP contribution is -2.15. The summed E-state index contributed by atoms with van der Waals surface area (Å²) in [7, 11) is 0. The lowest BCUT2D eigenvalue weighted by atomic mass is 10.1. The van der Waals surface area contributed by atoms with Gasteiger partial charge in [-0.05, 0) is 30.4 Å². The Bertz CT molecular complexity index is 581. The van der Waals surface area contributed by atoms with Gasteiger partial charge >= 0.3 is 0 Å². The second kappa shape index (κ2) is 6.83. The molecule has 2 aromatic rings. The van der Waals surface area contributed by atoms with Crippen LogP contribution in [-0.4, -0.2) is 15.2 Å². The van der Waals surface area contributed by atoms with Gasteiger partial charge in [-0.3, -0.25) is 4.98 Å². The standard InChI is InChI=1S/C15H20N2O2S/c1-3-11-4-5-20-14(11)8-16-7-13-12(9-18)6-17-10(2)15(13)19/h4-6,16,18-19H,3,7-9H2,1-2H3. The molecule has 0 aromatic carbocycles. The van der Waals surface area contributed by atoms with E-state index in [9.17, 15) is 10.2 Å². The van der Waals surface area contributed by atoms with Crippen LogP contribution in [0.5, 0.6) is 5.75 Å². The number of thiophene rings is 1. The molecule has 0 aliphatic heterocycles. The van der Waals surface area contributed by atoms with E-state index in [1.165, 1.54) is 10.4 Å². The predicted octanol–water partition coefficient (Wildman–Crippen LogP) is 2.50. The Labute approximate surface area is 123 Å². The molecule has 2 heterocycles. The number of aliphatic hydroxyl groups excluding tert-OH is 1.